The highest BCUT2D eigenvalue weighted by molar-refractivity contribution is 6.37. The fourth-order valence-electron chi connectivity index (χ4n) is 2.12. The lowest BCUT2D eigenvalue weighted by Crippen LogP contribution is -2.30. The maximum Gasteiger partial charge on any atom is 0.340 e. The van der Waals surface area contributed by atoms with Gasteiger partial charge in [0.15, 0.2) is 6.61 Å². The number of hydrogen-bond donors (Lipinski definition) is 1. The Morgan fingerprint density at radius 3 is 2.44 bits per heavy atom. The summed E-state index contributed by atoms with van der Waals surface area (Å²) >= 11 is 11.7. The molecule has 0 aliphatic heterocycles. The summed E-state index contributed by atoms with van der Waals surface area (Å²) in [7, 11) is 1.64. The molecule has 0 atom stereocenters. The molecule has 2 rings (SSSR count). The first kappa shape index (κ1) is 19.1. The number of nitrogens with two attached hydrogens (primary N) is 1. The third-order valence-corrected chi connectivity index (χ3v) is 4.14. The Hall–Kier alpha value is -2.24. The third kappa shape index (κ3) is 5.11. The van der Waals surface area contributed by atoms with Crippen molar-refractivity contribution in [2.45, 2.75) is 13.5 Å². The quantitative estimate of drug-likeness (QED) is 0.633. The molecule has 2 aromatic rings. The van der Waals surface area contributed by atoms with Gasteiger partial charge >= 0.3 is 5.97 Å². The van der Waals surface area contributed by atoms with Crippen LogP contribution in [0.15, 0.2) is 36.4 Å². The van der Waals surface area contributed by atoms with Gasteiger partial charge in [0, 0.05) is 18.6 Å². The second-order valence-electron chi connectivity index (χ2n) is 5.66. The van der Waals surface area contributed by atoms with E-state index in [4.69, 9.17) is 33.7 Å². The minimum atomic E-state index is -0.751. The van der Waals surface area contributed by atoms with Gasteiger partial charge in [0.1, 0.15) is 0 Å². The van der Waals surface area contributed by atoms with Gasteiger partial charge in [-0.15, -0.1) is 0 Å². The van der Waals surface area contributed by atoms with E-state index in [1.807, 2.05) is 31.2 Å². The van der Waals surface area contributed by atoms with Crippen LogP contribution >= 0.6 is 23.2 Å². The van der Waals surface area contributed by atoms with Crippen molar-refractivity contribution in [3.63, 3.8) is 0 Å². The van der Waals surface area contributed by atoms with E-state index < -0.39 is 12.6 Å². The number of carbonyl (C=O) groups is 2. The summed E-state index contributed by atoms with van der Waals surface area (Å²) in [5, 5.41) is 0.413. The minimum Gasteiger partial charge on any atom is -0.452 e. The fraction of sp³-hybridized carbons (Fsp3) is 0.222. The van der Waals surface area contributed by atoms with Crippen LogP contribution in [0.3, 0.4) is 0 Å². The molecule has 1 amide bonds. The highest BCUT2D eigenvalue weighted by atomic mass is 35.5. The lowest BCUT2D eigenvalue weighted by atomic mass is 10.1. The van der Waals surface area contributed by atoms with Crippen LogP contribution in [-0.4, -0.2) is 30.4 Å². The largest absolute Gasteiger partial charge is 0.452 e. The van der Waals surface area contributed by atoms with Crippen molar-refractivity contribution in [2.75, 3.05) is 19.4 Å². The van der Waals surface area contributed by atoms with E-state index in [0.29, 0.717) is 6.54 Å². The number of ether oxygens (including phenoxy) is 1. The van der Waals surface area contributed by atoms with Crippen LogP contribution in [0, 0.1) is 6.92 Å². The van der Waals surface area contributed by atoms with E-state index in [1.54, 1.807) is 7.05 Å². The molecule has 0 aliphatic rings. The van der Waals surface area contributed by atoms with Crippen molar-refractivity contribution in [3.05, 3.63) is 63.1 Å². The Morgan fingerprint density at radius 2 is 1.80 bits per heavy atom. The zero-order valence-corrected chi connectivity index (χ0v) is 15.4. The fourth-order valence-corrected chi connectivity index (χ4v) is 2.62. The zero-order valence-electron chi connectivity index (χ0n) is 13.9. The van der Waals surface area contributed by atoms with Gasteiger partial charge in [0.05, 0.1) is 16.3 Å². The number of nitrogens with zero attached hydrogens (tertiary/aromatic N) is 1. The lowest BCUT2D eigenvalue weighted by molar-refractivity contribution is -0.133. The molecule has 0 bridgehead atoms. The smallest absolute Gasteiger partial charge is 0.340 e. The SMILES string of the molecule is Cc1ccc(CN(C)C(=O)COC(=O)c2cc(Cl)cc(Cl)c2N)cc1. The predicted octanol–water partition coefficient (Wildman–Crippen LogP) is 3.70. The van der Waals surface area contributed by atoms with Crippen LogP contribution in [0.5, 0.6) is 0 Å². The first-order valence-corrected chi connectivity index (χ1v) is 8.24. The molecule has 7 heteroatoms. The molecule has 0 saturated heterocycles. The van der Waals surface area contributed by atoms with Gasteiger partial charge in [-0.2, -0.15) is 0 Å². The van der Waals surface area contributed by atoms with Crippen molar-refractivity contribution >= 4 is 40.8 Å². The molecule has 2 N–H and O–H groups in total. The van der Waals surface area contributed by atoms with Crippen LogP contribution in [-0.2, 0) is 16.1 Å². The van der Waals surface area contributed by atoms with E-state index in [0.717, 1.165) is 11.1 Å². The number of benzene rings is 2. The Kier molecular flexibility index (Phi) is 6.28. The van der Waals surface area contributed by atoms with E-state index in [2.05, 4.69) is 0 Å². The number of nitrogen functional groups attached to an aromatic ring is 1. The average Bonchev–Trinajstić information content (AvgIpc) is 2.57. The van der Waals surface area contributed by atoms with Crippen molar-refractivity contribution in [2.24, 2.45) is 0 Å². The highest BCUT2D eigenvalue weighted by Crippen LogP contribution is 2.28. The summed E-state index contributed by atoms with van der Waals surface area (Å²) in [4.78, 5) is 25.7. The topological polar surface area (TPSA) is 72.6 Å². The molecule has 25 heavy (non-hydrogen) atoms. The number of aryl methyl sites for hydroxylation is 1. The maximum atomic E-state index is 12.1. The summed E-state index contributed by atoms with van der Waals surface area (Å²) in [5.41, 5.74) is 7.97. The summed E-state index contributed by atoms with van der Waals surface area (Å²) in [5.74, 6) is -1.08. The zero-order chi connectivity index (χ0) is 18.6. The van der Waals surface area contributed by atoms with Crippen LogP contribution < -0.4 is 5.73 Å². The lowest BCUT2D eigenvalue weighted by Gasteiger charge is -2.17. The Labute approximate surface area is 156 Å². The molecule has 0 heterocycles. The summed E-state index contributed by atoms with van der Waals surface area (Å²) in [6.45, 7) is 2.01. The highest BCUT2D eigenvalue weighted by Gasteiger charge is 2.18. The number of halogens is 2. The number of likely N-dealkylation sites (N-methyl/N-ethyl adjacent to an activating group) is 1. The van der Waals surface area contributed by atoms with Crippen molar-refractivity contribution in [1.29, 1.82) is 0 Å². The van der Waals surface area contributed by atoms with Crippen molar-refractivity contribution in [1.82, 2.24) is 4.90 Å². The number of hydrogen-bond acceptors (Lipinski definition) is 4. The second kappa shape index (κ2) is 8.23. The molecule has 0 aliphatic carbocycles. The molecule has 2 aromatic carbocycles. The normalized spacial score (nSPS) is 10.4. The van der Waals surface area contributed by atoms with Crippen molar-refractivity contribution in [3.8, 4) is 0 Å². The molecule has 132 valence electrons. The third-order valence-electron chi connectivity index (χ3n) is 3.61. The van der Waals surface area contributed by atoms with E-state index in [-0.39, 0.29) is 27.2 Å². The summed E-state index contributed by atoms with van der Waals surface area (Å²) in [6, 6.07) is 10.6. The van der Waals surface area contributed by atoms with Gasteiger partial charge < -0.3 is 15.4 Å². The van der Waals surface area contributed by atoms with Crippen LogP contribution in [0.1, 0.15) is 21.5 Å². The molecule has 0 spiro atoms. The van der Waals surface area contributed by atoms with Gasteiger partial charge in [-0.3, -0.25) is 4.79 Å². The summed E-state index contributed by atoms with van der Waals surface area (Å²) < 4.78 is 5.03. The molecular formula is C18H18Cl2N2O3. The van der Waals surface area contributed by atoms with Gasteiger partial charge in [-0.05, 0) is 24.6 Å². The number of esters is 1. The van der Waals surface area contributed by atoms with Crippen LogP contribution in [0.4, 0.5) is 5.69 Å². The van der Waals surface area contributed by atoms with Crippen molar-refractivity contribution < 1.29 is 14.3 Å². The molecular weight excluding hydrogens is 363 g/mol. The minimum absolute atomic E-state index is 0.0338. The molecule has 0 radical (unpaired) electrons. The Balaban J connectivity index is 1.95. The number of amides is 1. The molecule has 0 saturated carbocycles. The Morgan fingerprint density at radius 1 is 1.16 bits per heavy atom. The maximum absolute atomic E-state index is 12.1. The monoisotopic (exact) mass is 380 g/mol. The second-order valence-corrected chi connectivity index (χ2v) is 6.50. The molecule has 0 aromatic heterocycles. The predicted molar refractivity (Wildman–Crippen MR) is 98.8 cm³/mol. The Bertz CT molecular complexity index is 792. The summed E-state index contributed by atoms with van der Waals surface area (Å²) in [6.07, 6.45) is 0. The number of anilines is 1. The van der Waals surface area contributed by atoms with Crippen LogP contribution in [0.25, 0.3) is 0 Å². The first-order valence-electron chi connectivity index (χ1n) is 7.49. The standard InChI is InChI=1S/C18H18Cl2N2O3/c1-11-3-5-12(6-4-11)9-22(2)16(23)10-25-18(24)14-7-13(19)8-15(20)17(14)21/h3-8H,9-10,21H2,1-2H3. The van der Waals surface area contributed by atoms with Gasteiger partial charge in [-0.1, -0.05) is 53.0 Å². The van der Waals surface area contributed by atoms with Gasteiger partial charge in [0.2, 0.25) is 0 Å². The molecule has 0 unspecified atom stereocenters. The van der Waals surface area contributed by atoms with Crippen LogP contribution in [0.2, 0.25) is 10.0 Å². The molecule has 0 fully saturated rings. The van der Waals surface area contributed by atoms with E-state index in [1.165, 1.54) is 17.0 Å². The molecule has 5 nitrogen and oxygen atoms in total. The van der Waals surface area contributed by atoms with E-state index >= 15 is 0 Å². The first-order chi connectivity index (χ1) is 11.8. The number of carbonyl (C=O) groups excluding carboxylic acids is 2. The number of rotatable bonds is 5. The average molecular weight is 381 g/mol. The van der Waals surface area contributed by atoms with Gasteiger partial charge in [0.25, 0.3) is 5.91 Å². The van der Waals surface area contributed by atoms with Gasteiger partial charge in [-0.25, -0.2) is 4.79 Å². The van der Waals surface area contributed by atoms with E-state index in [9.17, 15) is 9.59 Å².